The summed E-state index contributed by atoms with van der Waals surface area (Å²) in [6.45, 7) is 2.15. The summed E-state index contributed by atoms with van der Waals surface area (Å²) in [6.07, 6.45) is 2.32. The minimum absolute atomic E-state index is 0.119. The number of aliphatic hydroxyl groups is 1. The van der Waals surface area contributed by atoms with E-state index in [9.17, 15) is 14.7 Å². The molecule has 112 valence electrons. The predicted octanol–water partition coefficient (Wildman–Crippen LogP) is 0.674. The van der Waals surface area contributed by atoms with Gasteiger partial charge in [0.1, 0.15) is 6.54 Å². The van der Waals surface area contributed by atoms with Gasteiger partial charge in [0.25, 0.3) is 5.56 Å². The van der Waals surface area contributed by atoms with Crippen LogP contribution in [0.5, 0.6) is 0 Å². The molecule has 1 unspecified atom stereocenters. The van der Waals surface area contributed by atoms with E-state index in [1.807, 2.05) is 13.0 Å². The van der Waals surface area contributed by atoms with Gasteiger partial charge in [0, 0.05) is 11.9 Å². The molecule has 2 rings (SSSR count). The number of hydrogen-bond donors (Lipinski definition) is 2. The van der Waals surface area contributed by atoms with E-state index in [-0.39, 0.29) is 18.0 Å². The van der Waals surface area contributed by atoms with Crippen LogP contribution in [-0.2, 0) is 11.3 Å². The summed E-state index contributed by atoms with van der Waals surface area (Å²) in [5.74, 6) is -0.289. The zero-order valence-electron chi connectivity index (χ0n) is 12.0. The Bertz CT molecular complexity index is 681. The lowest BCUT2D eigenvalue weighted by atomic mass is 10.2. The van der Waals surface area contributed by atoms with Crippen LogP contribution in [0.3, 0.4) is 0 Å². The zero-order valence-corrected chi connectivity index (χ0v) is 12.0. The minimum atomic E-state index is -0.410. The Morgan fingerprint density at radius 3 is 2.95 bits per heavy atom. The number of hydrogen-bond acceptors (Lipinski definition) is 4. The van der Waals surface area contributed by atoms with Crippen LogP contribution in [0.4, 0.5) is 0 Å². The Labute approximate surface area is 122 Å². The van der Waals surface area contributed by atoms with Crippen LogP contribution in [0.1, 0.15) is 19.8 Å². The number of nitrogens with one attached hydrogen (secondary N) is 1. The Hall–Kier alpha value is -2.21. The van der Waals surface area contributed by atoms with Crippen LogP contribution in [0, 0.1) is 0 Å². The van der Waals surface area contributed by atoms with Gasteiger partial charge < -0.3 is 10.4 Å². The van der Waals surface area contributed by atoms with Crippen LogP contribution in [0.2, 0.25) is 0 Å². The first-order chi connectivity index (χ1) is 10.1. The monoisotopic (exact) mass is 289 g/mol. The number of carbonyl (C=O) groups excluding carboxylic acids is 1. The van der Waals surface area contributed by atoms with Crippen molar-refractivity contribution in [2.75, 3.05) is 6.54 Å². The molecule has 0 aliphatic carbocycles. The van der Waals surface area contributed by atoms with Crippen molar-refractivity contribution in [3.05, 3.63) is 40.8 Å². The molecule has 6 nitrogen and oxygen atoms in total. The smallest absolute Gasteiger partial charge is 0.275 e. The third kappa shape index (κ3) is 3.88. The first-order valence-corrected chi connectivity index (χ1v) is 7.01. The molecule has 0 radical (unpaired) electrons. The van der Waals surface area contributed by atoms with E-state index >= 15 is 0 Å². The van der Waals surface area contributed by atoms with Crippen molar-refractivity contribution in [3.63, 3.8) is 0 Å². The number of nitrogens with zero attached hydrogens (tertiary/aromatic N) is 2. The predicted molar refractivity (Wildman–Crippen MR) is 79.9 cm³/mol. The number of benzene rings is 1. The van der Waals surface area contributed by atoms with Crippen molar-refractivity contribution in [1.29, 1.82) is 0 Å². The van der Waals surface area contributed by atoms with Gasteiger partial charge in [-0.2, -0.15) is 5.10 Å². The van der Waals surface area contributed by atoms with Crippen LogP contribution < -0.4 is 10.9 Å². The van der Waals surface area contributed by atoms with Gasteiger partial charge in [-0.05, 0) is 18.9 Å². The molecule has 0 aliphatic rings. The van der Waals surface area contributed by atoms with Gasteiger partial charge in [0.05, 0.1) is 17.7 Å². The largest absolute Gasteiger partial charge is 0.393 e. The number of rotatable bonds is 6. The molecule has 2 aromatic rings. The molecular formula is C15H19N3O3. The molecule has 6 heteroatoms. The summed E-state index contributed by atoms with van der Waals surface area (Å²) >= 11 is 0. The first kappa shape index (κ1) is 15.2. The molecule has 21 heavy (non-hydrogen) atoms. The summed E-state index contributed by atoms with van der Waals surface area (Å²) in [5.41, 5.74) is -0.281. The van der Waals surface area contributed by atoms with E-state index < -0.39 is 6.10 Å². The lowest BCUT2D eigenvalue weighted by Gasteiger charge is -2.09. The fraction of sp³-hybridized carbons (Fsp3) is 0.400. The molecule has 1 amide bonds. The van der Waals surface area contributed by atoms with Crippen molar-refractivity contribution in [2.45, 2.75) is 32.4 Å². The van der Waals surface area contributed by atoms with E-state index in [0.717, 1.165) is 10.1 Å². The lowest BCUT2D eigenvalue weighted by molar-refractivity contribution is -0.122. The lowest BCUT2D eigenvalue weighted by Crippen LogP contribution is -2.34. The summed E-state index contributed by atoms with van der Waals surface area (Å²) in [5, 5.41) is 17.4. The third-order valence-corrected chi connectivity index (χ3v) is 3.33. The number of fused-ring (bicyclic) bond motifs is 1. The summed E-state index contributed by atoms with van der Waals surface area (Å²) in [4.78, 5) is 24.0. The van der Waals surface area contributed by atoms with Crippen molar-refractivity contribution in [2.24, 2.45) is 0 Å². The van der Waals surface area contributed by atoms with Gasteiger partial charge in [0.15, 0.2) is 0 Å². The molecule has 0 saturated heterocycles. The molecule has 1 aromatic carbocycles. The number of carbonyl (C=O) groups is 1. The van der Waals surface area contributed by atoms with Gasteiger partial charge in [-0.25, -0.2) is 4.68 Å². The Kier molecular flexibility index (Phi) is 5.05. The molecule has 1 aromatic heterocycles. The normalized spacial score (nSPS) is 12.3. The second-order valence-corrected chi connectivity index (χ2v) is 4.90. The molecule has 0 bridgehead atoms. The van der Waals surface area contributed by atoms with Crippen LogP contribution in [0.15, 0.2) is 35.3 Å². The second-order valence-electron chi connectivity index (χ2n) is 4.90. The Morgan fingerprint density at radius 2 is 2.19 bits per heavy atom. The summed E-state index contributed by atoms with van der Waals surface area (Å²) in [7, 11) is 0. The van der Waals surface area contributed by atoms with E-state index in [0.29, 0.717) is 24.8 Å². The molecule has 0 spiro atoms. The average molecular weight is 289 g/mol. The third-order valence-electron chi connectivity index (χ3n) is 3.33. The van der Waals surface area contributed by atoms with Crippen molar-refractivity contribution in [1.82, 2.24) is 15.1 Å². The highest BCUT2D eigenvalue weighted by Crippen LogP contribution is 2.06. The highest BCUT2D eigenvalue weighted by molar-refractivity contribution is 5.81. The van der Waals surface area contributed by atoms with Gasteiger partial charge in [-0.15, -0.1) is 0 Å². The zero-order chi connectivity index (χ0) is 15.2. The van der Waals surface area contributed by atoms with Gasteiger partial charge >= 0.3 is 0 Å². The fourth-order valence-corrected chi connectivity index (χ4v) is 2.01. The maximum atomic E-state index is 12.2. The van der Waals surface area contributed by atoms with Gasteiger partial charge in [-0.3, -0.25) is 9.59 Å². The maximum absolute atomic E-state index is 12.2. The molecule has 1 heterocycles. The topological polar surface area (TPSA) is 84.2 Å². The second kappa shape index (κ2) is 6.99. The molecule has 0 fully saturated rings. The number of aromatic nitrogens is 2. The Morgan fingerprint density at radius 1 is 1.43 bits per heavy atom. The quantitative estimate of drug-likeness (QED) is 0.819. The van der Waals surface area contributed by atoms with Crippen molar-refractivity contribution >= 4 is 16.7 Å². The maximum Gasteiger partial charge on any atom is 0.275 e. The summed E-state index contributed by atoms with van der Waals surface area (Å²) < 4.78 is 1.15. The standard InChI is InChI=1S/C15H19N3O3/c1-2-12(19)7-8-16-14(20)10-18-15(21)13-6-4-3-5-11(13)9-17-18/h3-6,9,12,19H,2,7-8,10H2,1H3,(H,16,20). The van der Waals surface area contributed by atoms with E-state index in [1.165, 1.54) is 0 Å². The number of amides is 1. The number of aliphatic hydroxyl groups excluding tert-OH is 1. The van der Waals surface area contributed by atoms with Gasteiger partial charge in [-0.1, -0.05) is 25.1 Å². The molecule has 2 N–H and O–H groups in total. The fourth-order valence-electron chi connectivity index (χ4n) is 2.01. The van der Waals surface area contributed by atoms with Crippen LogP contribution in [0.25, 0.3) is 10.8 Å². The van der Waals surface area contributed by atoms with Gasteiger partial charge in [0.2, 0.25) is 5.91 Å². The molecule has 0 aliphatic heterocycles. The molecule has 0 saturated carbocycles. The van der Waals surface area contributed by atoms with Crippen LogP contribution >= 0.6 is 0 Å². The van der Waals surface area contributed by atoms with Crippen molar-refractivity contribution in [3.8, 4) is 0 Å². The average Bonchev–Trinajstić information content (AvgIpc) is 2.50. The molecule has 1 atom stereocenters. The first-order valence-electron chi connectivity index (χ1n) is 7.01. The van der Waals surface area contributed by atoms with E-state index in [4.69, 9.17) is 0 Å². The van der Waals surface area contributed by atoms with Crippen molar-refractivity contribution < 1.29 is 9.90 Å². The summed E-state index contributed by atoms with van der Waals surface area (Å²) in [6, 6.07) is 7.13. The highest BCUT2D eigenvalue weighted by Gasteiger charge is 2.08. The highest BCUT2D eigenvalue weighted by atomic mass is 16.3. The van der Waals surface area contributed by atoms with Crippen LogP contribution in [-0.4, -0.2) is 33.4 Å². The van der Waals surface area contributed by atoms with E-state index in [2.05, 4.69) is 10.4 Å². The van der Waals surface area contributed by atoms with E-state index in [1.54, 1.807) is 24.4 Å². The minimum Gasteiger partial charge on any atom is -0.393 e. The SMILES string of the molecule is CCC(O)CCNC(=O)Cn1ncc2ccccc2c1=O. The Balaban J connectivity index is 2.01. The molecular weight excluding hydrogens is 270 g/mol.